The van der Waals surface area contributed by atoms with Gasteiger partial charge < -0.3 is 9.72 Å². The highest BCUT2D eigenvalue weighted by molar-refractivity contribution is 5.80. The van der Waals surface area contributed by atoms with E-state index in [0.29, 0.717) is 17.2 Å². The number of pyridine rings is 1. The second-order valence-corrected chi connectivity index (χ2v) is 9.27. The number of hydrogen-bond acceptors (Lipinski definition) is 6. The molecule has 0 bridgehead atoms. The van der Waals surface area contributed by atoms with Crippen molar-refractivity contribution >= 4 is 10.9 Å². The van der Waals surface area contributed by atoms with Crippen molar-refractivity contribution in [2.24, 2.45) is 5.92 Å². The molecule has 2 aromatic heterocycles. The van der Waals surface area contributed by atoms with Crippen molar-refractivity contribution in [2.45, 2.75) is 58.5 Å². The number of methoxy groups -OCH3 is 1. The summed E-state index contributed by atoms with van der Waals surface area (Å²) in [6, 6.07) is 7.41. The molecule has 1 saturated heterocycles. The summed E-state index contributed by atoms with van der Waals surface area (Å²) >= 11 is 0. The highest BCUT2D eigenvalue weighted by Gasteiger charge is 2.35. The van der Waals surface area contributed by atoms with Crippen molar-refractivity contribution in [3.8, 4) is 5.75 Å². The van der Waals surface area contributed by atoms with Crippen LogP contribution in [0.3, 0.4) is 0 Å². The number of nitrogens with one attached hydrogen (secondary N) is 1. The number of hydrogen-bond donors (Lipinski definition) is 1. The number of aromatic nitrogens is 5. The highest BCUT2D eigenvalue weighted by Crippen LogP contribution is 2.33. The quantitative estimate of drug-likeness (QED) is 0.652. The van der Waals surface area contributed by atoms with Gasteiger partial charge in [0.15, 0.2) is 5.82 Å². The number of aromatic amines is 1. The third kappa shape index (κ3) is 4.08. The number of fused-ring (bicyclic) bond motifs is 1. The summed E-state index contributed by atoms with van der Waals surface area (Å²) in [6.07, 6.45) is 3.17. The molecule has 0 amide bonds. The smallest absolute Gasteiger partial charge is 0.253 e. The van der Waals surface area contributed by atoms with Crippen LogP contribution < -0.4 is 10.3 Å². The van der Waals surface area contributed by atoms with Gasteiger partial charge in [0.2, 0.25) is 0 Å². The summed E-state index contributed by atoms with van der Waals surface area (Å²) in [6.45, 7) is 10.5. The number of piperidine rings is 1. The van der Waals surface area contributed by atoms with Gasteiger partial charge in [0.1, 0.15) is 11.8 Å². The summed E-state index contributed by atoms with van der Waals surface area (Å²) in [7, 11) is 1.62. The van der Waals surface area contributed by atoms with E-state index in [9.17, 15) is 4.79 Å². The minimum atomic E-state index is -0.307. The topological polar surface area (TPSA) is 88.9 Å². The van der Waals surface area contributed by atoms with Crippen molar-refractivity contribution < 1.29 is 4.74 Å². The third-order valence-electron chi connectivity index (χ3n) is 6.61. The Labute approximate surface area is 182 Å². The number of tetrazole rings is 1. The van der Waals surface area contributed by atoms with Crippen LogP contribution in [0.4, 0.5) is 0 Å². The summed E-state index contributed by atoms with van der Waals surface area (Å²) < 4.78 is 7.21. The molecule has 0 saturated carbocycles. The maximum atomic E-state index is 13.3. The SMILES string of the molecule is CCC(C)(C)n1nnnc1[C@H](c1cc2ccc(OC)cc2[nH]c1=O)N1CCC[C@@H](C)C1. The Balaban J connectivity index is 1.89. The Morgan fingerprint density at radius 3 is 2.84 bits per heavy atom. The van der Waals surface area contributed by atoms with Gasteiger partial charge in [0.05, 0.1) is 18.2 Å². The normalized spacial score (nSPS) is 18.9. The van der Waals surface area contributed by atoms with Crippen molar-refractivity contribution in [3.63, 3.8) is 0 Å². The lowest BCUT2D eigenvalue weighted by atomic mass is 9.94. The number of rotatable bonds is 6. The Kier molecular flexibility index (Phi) is 5.83. The third-order valence-corrected chi connectivity index (χ3v) is 6.61. The number of nitrogens with zero attached hydrogens (tertiary/aromatic N) is 5. The second-order valence-electron chi connectivity index (χ2n) is 9.27. The van der Waals surface area contributed by atoms with Gasteiger partial charge in [-0.05, 0) is 79.6 Å². The lowest BCUT2D eigenvalue weighted by Crippen LogP contribution is -2.42. The maximum Gasteiger partial charge on any atom is 0.253 e. The van der Waals surface area contributed by atoms with Crippen molar-refractivity contribution in [2.75, 3.05) is 20.2 Å². The predicted molar refractivity (Wildman–Crippen MR) is 120 cm³/mol. The lowest BCUT2D eigenvalue weighted by Gasteiger charge is -2.37. The fourth-order valence-corrected chi connectivity index (χ4v) is 4.43. The monoisotopic (exact) mass is 424 g/mol. The van der Waals surface area contributed by atoms with E-state index in [1.54, 1.807) is 7.11 Å². The first-order valence-electron chi connectivity index (χ1n) is 11.1. The first kappa shape index (κ1) is 21.5. The largest absolute Gasteiger partial charge is 0.497 e. The van der Waals surface area contributed by atoms with E-state index < -0.39 is 0 Å². The van der Waals surface area contributed by atoms with Gasteiger partial charge in [-0.1, -0.05) is 13.8 Å². The molecule has 8 nitrogen and oxygen atoms in total. The summed E-state index contributed by atoms with van der Waals surface area (Å²) in [4.78, 5) is 18.7. The second kappa shape index (κ2) is 8.42. The Morgan fingerprint density at radius 2 is 2.13 bits per heavy atom. The number of ether oxygens (including phenoxy) is 1. The molecule has 0 unspecified atom stereocenters. The highest BCUT2D eigenvalue weighted by atomic mass is 16.5. The average Bonchev–Trinajstić information content (AvgIpc) is 3.24. The Morgan fingerprint density at radius 1 is 1.32 bits per heavy atom. The van der Waals surface area contributed by atoms with Crippen molar-refractivity contribution in [1.29, 1.82) is 0 Å². The Hall–Kier alpha value is -2.74. The molecule has 166 valence electrons. The molecule has 4 rings (SSSR count). The fourth-order valence-electron chi connectivity index (χ4n) is 4.43. The molecule has 3 heterocycles. The van der Waals surface area contributed by atoms with E-state index >= 15 is 0 Å². The van der Waals surface area contributed by atoms with E-state index in [1.807, 2.05) is 28.9 Å². The number of benzene rings is 1. The van der Waals surface area contributed by atoms with Gasteiger partial charge in [0.25, 0.3) is 5.56 Å². The minimum Gasteiger partial charge on any atom is -0.497 e. The standard InChI is InChI=1S/C23H32N6O2/c1-6-23(3,4)29-21(25-26-27-29)20(28-11-7-8-15(2)14-28)18-12-16-9-10-17(31-5)13-19(16)24-22(18)30/h9-10,12-13,15,20H,6-8,11,14H2,1-5H3,(H,24,30)/t15-,20+/m1/s1. The van der Waals surface area contributed by atoms with Crippen LogP contribution >= 0.6 is 0 Å². The molecule has 1 aromatic carbocycles. The zero-order valence-electron chi connectivity index (χ0n) is 19.1. The van der Waals surface area contributed by atoms with Gasteiger partial charge >= 0.3 is 0 Å². The molecule has 1 N–H and O–H groups in total. The Bertz CT molecular complexity index is 1120. The molecular weight excluding hydrogens is 392 g/mol. The van der Waals surface area contributed by atoms with Gasteiger partial charge in [-0.25, -0.2) is 4.68 Å². The van der Waals surface area contributed by atoms with E-state index in [4.69, 9.17) is 4.74 Å². The van der Waals surface area contributed by atoms with Crippen LogP contribution in [-0.2, 0) is 5.54 Å². The zero-order chi connectivity index (χ0) is 22.2. The van der Waals surface area contributed by atoms with Crippen LogP contribution in [0, 0.1) is 5.92 Å². The van der Waals surface area contributed by atoms with Crippen LogP contribution in [0.1, 0.15) is 64.4 Å². The predicted octanol–water partition coefficient (Wildman–Crippen LogP) is 3.49. The lowest BCUT2D eigenvalue weighted by molar-refractivity contribution is 0.135. The van der Waals surface area contributed by atoms with Crippen molar-refractivity contribution in [1.82, 2.24) is 30.1 Å². The zero-order valence-corrected chi connectivity index (χ0v) is 19.1. The van der Waals surface area contributed by atoms with E-state index in [1.165, 1.54) is 6.42 Å². The molecule has 1 fully saturated rings. The van der Waals surface area contributed by atoms with Crippen LogP contribution in [0.25, 0.3) is 10.9 Å². The fraction of sp³-hybridized carbons (Fsp3) is 0.565. The minimum absolute atomic E-state index is 0.118. The molecule has 2 atom stereocenters. The molecule has 0 spiro atoms. The molecule has 0 aliphatic carbocycles. The van der Waals surface area contributed by atoms with E-state index in [2.05, 4.69) is 53.1 Å². The van der Waals surface area contributed by atoms with Crippen LogP contribution in [0.15, 0.2) is 29.1 Å². The van der Waals surface area contributed by atoms with Crippen LogP contribution in [0.2, 0.25) is 0 Å². The summed E-state index contributed by atoms with van der Waals surface area (Å²) in [5, 5.41) is 13.8. The van der Waals surface area contributed by atoms with Gasteiger partial charge in [-0.15, -0.1) is 5.10 Å². The molecule has 8 heteroatoms. The number of likely N-dealkylation sites (tertiary alicyclic amines) is 1. The molecule has 1 aliphatic heterocycles. The van der Waals surface area contributed by atoms with E-state index in [0.717, 1.165) is 42.7 Å². The molecular formula is C23H32N6O2. The van der Waals surface area contributed by atoms with Crippen LogP contribution in [0.5, 0.6) is 5.75 Å². The molecule has 1 aliphatic rings. The van der Waals surface area contributed by atoms with E-state index in [-0.39, 0.29) is 17.1 Å². The van der Waals surface area contributed by atoms with Crippen molar-refractivity contribution in [3.05, 3.63) is 46.0 Å². The van der Waals surface area contributed by atoms with Gasteiger partial charge in [-0.3, -0.25) is 9.69 Å². The number of H-pyrrole nitrogens is 1. The molecule has 31 heavy (non-hydrogen) atoms. The first-order valence-corrected chi connectivity index (χ1v) is 11.1. The molecule has 0 radical (unpaired) electrons. The van der Waals surface area contributed by atoms with Gasteiger partial charge in [0, 0.05) is 18.2 Å². The summed E-state index contributed by atoms with van der Waals surface area (Å²) in [5.74, 6) is 1.99. The van der Waals surface area contributed by atoms with Gasteiger partial charge in [-0.2, -0.15) is 0 Å². The maximum absolute atomic E-state index is 13.3. The first-order chi connectivity index (χ1) is 14.8. The van der Waals surface area contributed by atoms with Crippen LogP contribution in [-0.4, -0.2) is 50.3 Å². The summed E-state index contributed by atoms with van der Waals surface area (Å²) in [5.41, 5.74) is 1.06. The molecule has 3 aromatic rings. The average molecular weight is 425 g/mol.